The molecule has 0 saturated carbocycles. The molecule has 1 aliphatic carbocycles. The van der Waals surface area contributed by atoms with E-state index < -0.39 is 13.0 Å². The molecule has 2 aromatic heterocycles. The van der Waals surface area contributed by atoms with E-state index in [1.165, 1.54) is 11.9 Å². The largest absolute Gasteiger partial charge is 0.471 e. The Labute approximate surface area is 172 Å². The summed E-state index contributed by atoms with van der Waals surface area (Å²) < 4.78 is 35.7. The van der Waals surface area contributed by atoms with Gasteiger partial charge in [0.2, 0.25) is 5.88 Å². The standard InChI is InChI=1S/C21H23F2N5O2/c22-20(23)12-29-21-16-10-14(4-5-17(16)24-13-25-21)28-8-6-27(7-9-28)11-18-15-2-1-3-19(15)30-26-18/h4-5,10,13,20H,1-3,6-9,11-12H2. The van der Waals surface area contributed by atoms with Gasteiger partial charge in [0.05, 0.1) is 10.9 Å². The van der Waals surface area contributed by atoms with Gasteiger partial charge in [-0.2, -0.15) is 0 Å². The minimum atomic E-state index is -2.54. The first-order valence-electron chi connectivity index (χ1n) is 10.3. The number of halogens is 2. The summed E-state index contributed by atoms with van der Waals surface area (Å²) in [5.74, 6) is 1.26. The number of fused-ring (bicyclic) bond motifs is 2. The molecule has 1 aromatic carbocycles. The molecular weight excluding hydrogens is 392 g/mol. The van der Waals surface area contributed by atoms with Gasteiger partial charge in [0.15, 0.2) is 6.61 Å². The summed E-state index contributed by atoms with van der Waals surface area (Å²) in [5.41, 5.74) is 4.08. The maximum atomic E-state index is 12.5. The van der Waals surface area contributed by atoms with Crippen LogP contribution in [0.1, 0.15) is 23.4 Å². The van der Waals surface area contributed by atoms with Gasteiger partial charge in [-0.1, -0.05) is 5.16 Å². The third-order valence-corrected chi connectivity index (χ3v) is 5.82. The summed E-state index contributed by atoms with van der Waals surface area (Å²) in [6.45, 7) is 3.71. The summed E-state index contributed by atoms with van der Waals surface area (Å²) in [4.78, 5) is 12.9. The van der Waals surface area contributed by atoms with Crippen molar-refractivity contribution in [3.63, 3.8) is 0 Å². The normalized spacial score (nSPS) is 17.1. The zero-order valence-electron chi connectivity index (χ0n) is 16.6. The molecular formula is C21H23F2N5O2. The van der Waals surface area contributed by atoms with Crippen LogP contribution in [0.4, 0.5) is 14.5 Å². The molecule has 9 heteroatoms. The number of aryl methyl sites for hydroxylation is 1. The average molecular weight is 415 g/mol. The van der Waals surface area contributed by atoms with Crippen LogP contribution < -0.4 is 9.64 Å². The zero-order chi connectivity index (χ0) is 20.5. The lowest BCUT2D eigenvalue weighted by atomic mass is 10.1. The monoisotopic (exact) mass is 415 g/mol. The van der Waals surface area contributed by atoms with Crippen LogP contribution in [0.3, 0.4) is 0 Å². The Hall–Kier alpha value is -2.81. The Morgan fingerprint density at radius 1 is 1.10 bits per heavy atom. The van der Waals surface area contributed by atoms with Crippen molar-refractivity contribution in [2.45, 2.75) is 32.2 Å². The second-order valence-corrected chi connectivity index (χ2v) is 7.73. The van der Waals surface area contributed by atoms with Crippen molar-refractivity contribution in [1.29, 1.82) is 0 Å². The maximum absolute atomic E-state index is 12.5. The number of hydrogen-bond acceptors (Lipinski definition) is 7. The van der Waals surface area contributed by atoms with Gasteiger partial charge in [0.25, 0.3) is 6.43 Å². The number of ether oxygens (including phenoxy) is 1. The first-order valence-corrected chi connectivity index (χ1v) is 10.3. The van der Waals surface area contributed by atoms with E-state index >= 15 is 0 Å². The minimum Gasteiger partial charge on any atom is -0.471 e. The van der Waals surface area contributed by atoms with E-state index in [9.17, 15) is 8.78 Å². The molecule has 1 saturated heterocycles. The number of alkyl halides is 2. The number of anilines is 1. The van der Waals surface area contributed by atoms with Crippen LogP contribution in [0.25, 0.3) is 10.9 Å². The van der Waals surface area contributed by atoms with Crippen molar-refractivity contribution >= 4 is 16.6 Å². The fourth-order valence-electron chi connectivity index (χ4n) is 4.26. The summed E-state index contributed by atoms with van der Waals surface area (Å²) in [6.07, 6.45) is 2.03. The fourth-order valence-corrected chi connectivity index (χ4v) is 4.26. The highest BCUT2D eigenvalue weighted by Gasteiger charge is 2.24. The van der Waals surface area contributed by atoms with Crippen molar-refractivity contribution in [3.05, 3.63) is 41.5 Å². The Kier molecular flexibility index (Phi) is 5.20. The third-order valence-electron chi connectivity index (χ3n) is 5.82. The molecule has 2 aliphatic rings. The highest BCUT2D eigenvalue weighted by Crippen LogP contribution is 2.29. The number of nitrogens with zero attached hydrogens (tertiary/aromatic N) is 5. The second kappa shape index (κ2) is 8.14. The molecule has 7 nitrogen and oxygen atoms in total. The number of piperazine rings is 1. The summed E-state index contributed by atoms with van der Waals surface area (Å²) in [6, 6.07) is 5.81. The van der Waals surface area contributed by atoms with E-state index in [1.807, 2.05) is 18.2 Å². The van der Waals surface area contributed by atoms with E-state index in [-0.39, 0.29) is 5.88 Å². The summed E-state index contributed by atoms with van der Waals surface area (Å²) in [5, 5.41) is 4.92. The van der Waals surface area contributed by atoms with Crippen LogP contribution in [-0.2, 0) is 19.4 Å². The van der Waals surface area contributed by atoms with Crippen LogP contribution in [0.5, 0.6) is 5.88 Å². The van der Waals surface area contributed by atoms with Crippen molar-refractivity contribution < 1.29 is 18.0 Å². The molecule has 1 fully saturated rings. The van der Waals surface area contributed by atoms with Gasteiger partial charge in [-0.25, -0.2) is 18.7 Å². The van der Waals surface area contributed by atoms with Crippen molar-refractivity contribution in [1.82, 2.24) is 20.0 Å². The van der Waals surface area contributed by atoms with Gasteiger partial charge >= 0.3 is 0 Å². The number of hydrogen-bond donors (Lipinski definition) is 0. The molecule has 3 aromatic rings. The smallest absolute Gasteiger partial charge is 0.272 e. The van der Waals surface area contributed by atoms with Gasteiger partial charge in [0.1, 0.15) is 17.8 Å². The predicted octanol–water partition coefficient (Wildman–Crippen LogP) is 3.07. The Morgan fingerprint density at radius 3 is 2.80 bits per heavy atom. The van der Waals surface area contributed by atoms with E-state index in [1.54, 1.807) is 0 Å². The predicted molar refractivity (Wildman–Crippen MR) is 107 cm³/mol. The van der Waals surface area contributed by atoms with Crippen LogP contribution in [0.2, 0.25) is 0 Å². The quantitative estimate of drug-likeness (QED) is 0.613. The highest BCUT2D eigenvalue weighted by atomic mass is 19.3. The van der Waals surface area contributed by atoms with Gasteiger partial charge in [0, 0.05) is 50.4 Å². The van der Waals surface area contributed by atoms with E-state index in [0.29, 0.717) is 10.9 Å². The Balaban J connectivity index is 1.26. The molecule has 0 unspecified atom stereocenters. The number of rotatable bonds is 6. The molecule has 0 spiro atoms. The van der Waals surface area contributed by atoms with E-state index in [0.717, 1.165) is 69.1 Å². The van der Waals surface area contributed by atoms with Gasteiger partial charge in [-0.05, 0) is 31.0 Å². The van der Waals surface area contributed by atoms with Gasteiger partial charge in [-0.3, -0.25) is 4.90 Å². The zero-order valence-corrected chi connectivity index (χ0v) is 16.6. The molecule has 1 aliphatic heterocycles. The van der Waals surface area contributed by atoms with Crippen LogP contribution in [0, 0.1) is 0 Å². The van der Waals surface area contributed by atoms with Crippen LogP contribution >= 0.6 is 0 Å². The van der Waals surface area contributed by atoms with Crippen LogP contribution in [-0.4, -0.2) is 59.2 Å². The van der Waals surface area contributed by atoms with E-state index in [2.05, 4.69) is 24.9 Å². The molecule has 3 heterocycles. The van der Waals surface area contributed by atoms with Crippen molar-refractivity contribution in [2.75, 3.05) is 37.7 Å². The summed E-state index contributed by atoms with van der Waals surface area (Å²) in [7, 11) is 0. The highest BCUT2D eigenvalue weighted by molar-refractivity contribution is 5.86. The third kappa shape index (κ3) is 3.81. The molecule has 0 bridgehead atoms. The van der Waals surface area contributed by atoms with Gasteiger partial charge in [-0.15, -0.1) is 0 Å². The first-order chi connectivity index (χ1) is 14.7. The lowest BCUT2D eigenvalue weighted by molar-refractivity contribution is 0.0804. The van der Waals surface area contributed by atoms with Crippen molar-refractivity contribution in [3.8, 4) is 5.88 Å². The minimum absolute atomic E-state index is 0.195. The lowest BCUT2D eigenvalue weighted by Gasteiger charge is -2.36. The molecule has 0 N–H and O–H groups in total. The summed E-state index contributed by atoms with van der Waals surface area (Å²) >= 11 is 0. The van der Waals surface area contributed by atoms with Crippen molar-refractivity contribution in [2.24, 2.45) is 0 Å². The fraction of sp³-hybridized carbons (Fsp3) is 0.476. The van der Waals surface area contributed by atoms with E-state index in [4.69, 9.17) is 9.26 Å². The molecule has 0 atom stereocenters. The molecule has 0 amide bonds. The Bertz CT molecular complexity index is 1030. The number of benzene rings is 1. The SMILES string of the molecule is FC(F)COc1ncnc2ccc(N3CCN(Cc4noc5c4CCC5)CC3)cc12. The van der Waals surface area contributed by atoms with Gasteiger partial charge < -0.3 is 14.2 Å². The second-order valence-electron chi connectivity index (χ2n) is 7.73. The first kappa shape index (κ1) is 19.2. The average Bonchev–Trinajstić information content (AvgIpc) is 3.37. The molecule has 0 radical (unpaired) electrons. The Morgan fingerprint density at radius 2 is 1.97 bits per heavy atom. The molecule has 158 valence electrons. The lowest BCUT2D eigenvalue weighted by Crippen LogP contribution is -2.46. The maximum Gasteiger partial charge on any atom is 0.272 e. The topological polar surface area (TPSA) is 67.5 Å². The van der Waals surface area contributed by atoms with Crippen LogP contribution in [0.15, 0.2) is 29.0 Å². The number of aromatic nitrogens is 3. The molecule has 30 heavy (non-hydrogen) atoms. The molecule has 5 rings (SSSR count).